The Balaban J connectivity index is 1.65. The first kappa shape index (κ1) is 19.9. The molecule has 1 fully saturated rings. The van der Waals surface area contributed by atoms with Gasteiger partial charge in [0.1, 0.15) is 17.6 Å². The molecule has 0 aliphatic carbocycles. The lowest BCUT2D eigenvalue weighted by atomic mass is 10.0. The van der Waals surface area contributed by atoms with Crippen LogP contribution in [0, 0.1) is 0 Å². The number of piperazine rings is 1. The second kappa shape index (κ2) is 8.55. The largest absolute Gasteiger partial charge is 0.507 e. The molecule has 1 aliphatic heterocycles. The van der Waals surface area contributed by atoms with E-state index in [1.165, 1.54) is 6.26 Å². The van der Waals surface area contributed by atoms with E-state index >= 15 is 0 Å². The van der Waals surface area contributed by atoms with Gasteiger partial charge in [-0.15, -0.1) is 0 Å². The average molecular weight is 415 g/mol. The van der Waals surface area contributed by atoms with Crippen molar-refractivity contribution in [2.75, 3.05) is 39.3 Å². The Labute approximate surface area is 173 Å². The molecule has 2 aromatic carbocycles. The first-order valence-electron chi connectivity index (χ1n) is 9.64. The van der Waals surface area contributed by atoms with Gasteiger partial charge in [0.15, 0.2) is 0 Å². The summed E-state index contributed by atoms with van der Waals surface area (Å²) in [6.07, 6.45) is 1.45. The minimum atomic E-state index is -0.136. The van der Waals surface area contributed by atoms with E-state index in [1.807, 2.05) is 0 Å². The molecule has 1 aromatic heterocycles. The number of nitrogens with zero attached hydrogens (tertiary/aromatic N) is 2. The summed E-state index contributed by atoms with van der Waals surface area (Å²) in [4.78, 5) is 17.5. The molecule has 0 spiro atoms. The summed E-state index contributed by atoms with van der Waals surface area (Å²) >= 11 is 5.94. The van der Waals surface area contributed by atoms with Gasteiger partial charge in [0.25, 0.3) is 0 Å². The topological polar surface area (TPSA) is 77.2 Å². The molecule has 0 atom stereocenters. The van der Waals surface area contributed by atoms with Crippen molar-refractivity contribution in [3.63, 3.8) is 0 Å². The van der Waals surface area contributed by atoms with Gasteiger partial charge in [-0.1, -0.05) is 23.7 Å². The first-order chi connectivity index (χ1) is 14.1. The predicted molar refractivity (Wildman–Crippen MR) is 113 cm³/mol. The fourth-order valence-corrected chi connectivity index (χ4v) is 3.89. The van der Waals surface area contributed by atoms with Crippen molar-refractivity contribution < 1.29 is 14.6 Å². The molecule has 0 radical (unpaired) electrons. The van der Waals surface area contributed by atoms with Crippen LogP contribution in [0.1, 0.15) is 5.56 Å². The van der Waals surface area contributed by atoms with Crippen LogP contribution in [0.3, 0.4) is 0 Å². The number of aromatic hydroxyl groups is 1. The van der Waals surface area contributed by atoms with Crippen molar-refractivity contribution in [3.8, 4) is 16.9 Å². The highest BCUT2D eigenvalue weighted by atomic mass is 35.5. The van der Waals surface area contributed by atoms with Crippen LogP contribution in [0.15, 0.2) is 51.9 Å². The Bertz CT molecular complexity index is 1060. The van der Waals surface area contributed by atoms with E-state index in [0.29, 0.717) is 40.2 Å². The molecule has 7 heteroatoms. The number of benzene rings is 2. The predicted octanol–water partition coefficient (Wildman–Crippen LogP) is 2.93. The number of β-amino-alcohol motifs (C(OH)–C–C–N with tert-alkyl or cyclic N) is 1. The first-order valence-corrected chi connectivity index (χ1v) is 10.0. The van der Waals surface area contributed by atoms with Crippen LogP contribution in [-0.4, -0.2) is 59.3 Å². The molecular formula is C22H23ClN2O4. The average Bonchev–Trinajstić information content (AvgIpc) is 2.73. The molecular weight excluding hydrogens is 392 g/mol. The molecule has 0 saturated carbocycles. The number of aliphatic hydroxyl groups excluding tert-OH is 1. The monoisotopic (exact) mass is 414 g/mol. The van der Waals surface area contributed by atoms with Gasteiger partial charge in [-0.3, -0.25) is 14.6 Å². The second-order valence-electron chi connectivity index (χ2n) is 7.27. The lowest BCUT2D eigenvalue weighted by molar-refractivity contribution is 0.108. The fourth-order valence-electron chi connectivity index (χ4n) is 3.76. The smallest absolute Gasteiger partial charge is 0.200 e. The maximum absolute atomic E-state index is 13.1. The van der Waals surface area contributed by atoms with Crippen molar-refractivity contribution in [2.45, 2.75) is 6.54 Å². The summed E-state index contributed by atoms with van der Waals surface area (Å²) in [6, 6.07) is 10.2. The molecule has 6 nitrogen and oxygen atoms in total. The lowest BCUT2D eigenvalue weighted by Crippen LogP contribution is -2.46. The van der Waals surface area contributed by atoms with E-state index < -0.39 is 0 Å². The van der Waals surface area contributed by atoms with Crippen molar-refractivity contribution in [3.05, 3.63) is 63.5 Å². The number of hydrogen-bond acceptors (Lipinski definition) is 6. The third-order valence-electron chi connectivity index (χ3n) is 5.44. The summed E-state index contributed by atoms with van der Waals surface area (Å²) in [6.45, 7) is 4.69. The zero-order valence-corrected chi connectivity index (χ0v) is 16.7. The summed E-state index contributed by atoms with van der Waals surface area (Å²) in [5, 5.41) is 20.6. The molecule has 1 saturated heterocycles. The van der Waals surface area contributed by atoms with Gasteiger partial charge >= 0.3 is 0 Å². The van der Waals surface area contributed by atoms with E-state index in [4.69, 9.17) is 21.1 Å². The molecule has 1 aliphatic rings. The maximum atomic E-state index is 13.1. The van der Waals surface area contributed by atoms with Crippen LogP contribution in [0.5, 0.6) is 5.75 Å². The number of hydrogen-bond donors (Lipinski definition) is 2. The maximum Gasteiger partial charge on any atom is 0.200 e. The molecule has 4 rings (SSSR count). The van der Waals surface area contributed by atoms with Crippen LogP contribution < -0.4 is 5.43 Å². The molecule has 0 amide bonds. The van der Waals surface area contributed by atoms with E-state index in [1.54, 1.807) is 36.4 Å². The van der Waals surface area contributed by atoms with Crippen molar-refractivity contribution >= 4 is 22.6 Å². The number of halogens is 1. The van der Waals surface area contributed by atoms with Gasteiger partial charge in [0.05, 0.1) is 23.1 Å². The van der Waals surface area contributed by atoms with Crippen molar-refractivity contribution in [2.24, 2.45) is 0 Å². The van der Waals surface area contributed by atoms with Gasteiger partial charge in [-0.2, -0.15) is 0 Å². The second-order valence-corrected chi connectivity index (χ2v) is 7.70. The van der Waals surface area contributed by atoms with Crippen LogP contribution >= 0.6 is 11.6 Å². The highest BCUT2D eigenvalue weighted by Gasteiger charge is 2.21. The van der Waals surface area contributed by atoms with Crippen LogP contribution in [0.4, 0.5) is 0 Å². The Hall–Kier alpha value is -2.38. The van der Waals surface area contributed by atoms with Crippen LogP contribution in [-0.2, 0) is 6.54 Å². The minimum Gasteiger partial charge on any atom is -0.507 e. The number of phenols is 1. The SMILES string of the molecule is O=c1c(-c2ccc(Cl)cc2)coc2c(CN3CCN(CCO)CC3)c(O)ccc12. The van der Waals surface area contributed by atoms with Gasteiger partial charge < -0.3 is 14.6 Å². The summed E-state index contributed by atoms with van der Waals surface area (Å²) in [5.74, 6) is 0.123. The van der Waals surface area contributed by atoms with E-state index in [-0.39, 0.29) is 17.8 Å². The molecule has 2 heterocycles. The Morgan fingerprint density at radius 1 is 1.00 bits per heavy atom. The van der Waals surface area contributed by atoms with Gasteiger partial charge in [0.2, 0.25) is 5.43 Å². The summed E-state index contributed by atoms with van der Waals surface area (Å²) < 4.78 is 5.86. The molecule has 0 unspecified atom stereocenters. The van der Waals surface area contributed by atoms with Crippen LogP contribution in [0.2, 0.25) is 5.02 Å². The normalized spacial score (nSPS) is 15.8. The van der Waals surface area contributed by atoms with Crippen molar-refractivity contribution in [1.82, 2.24) is 9.80 Å². The molecule has 0 bridgehead atoms. The molecule has 152 valence electrons. The van der Waals surface area contributed by atoms with E-state index in [2.05, 4.69) is 9.80 Å². The highest BCUT2D eigenvalue weighted by Crippen LogP contribution is 2.29. The molecule has 29 heavy (non-hydrogen) atoms. The number of aliphatic hydroxyl groups is 1. The summed E-state index contributed by atoms with van der Waals surface area (Å²) in [5.41, 5.74) is 2.11. The van der Waals surface area contributed by atoms with Crippen LogP contribution in [0.25, 0.3) is 22.1 Å². The molecule has 2 N–H and O–H groups in total. The van der Waals surface area contributed by atoms with E-state index in [9.17, 15) is 9.90 Å². The van der Waals surface area contributed by atoms with Gasteiger partial charge in [0, 0.05) is 44.3 Å². The zero-order valence-electron chi connectivity index (χ0n) is 16.0. The number of phenolic OH excluding ortho intramolecular Hbond substituents is 1. The number of fused-ring (bicyclic) bond motifs is 1. The third kappa shape index (κ3) is 4.16. The molecule has 3 aromatic rings. The van der Waals surface area contributed by atoms with Crippen molar-refractivity contribution in [1.29, 1.82) is 0 Å². The standard InChI is InChI=1S/C22H23ClN2O4/c23-16-3-1-15(2-4-16)19-14-29-22-17(21(19)28)5-6-20(27)18(22)13-25-9-7-24(8-10-25)11-12-26/h1-6,14,26-27H,7-13H2. The minimum absolute atomic E-state index is 0.123. The Morgan fingerprint density at radius 3 is 2.38 bits per heavy atom. The third-order valence-corrected chi connectivity index (χ3v) is 5.69. The van der Waals surface area contributed by atoms with E-state index in [0.717, 1.165) is 31.7 Å². The highest BCUT2D eigenvalue weighted by molar-refractivity contribution is 6.30. The zero-order chi connectivity index (χ0) is 20.4. The summed E-state index contributed by atoms with van der Waals surface area (Å²) in [7, 11) is 0. The Kier molecular flexibility index (Phi) is 5.87. The quantitative estimate of drug-likeness (QED) is 0.668. The van der Waals surface area contributed by atoms with Gasteiger partial charge in [-0.05, 0) is 29.8 Å². The lowest BCUT2D eigenvalue weighted by Gasteiger charge is -2.34. The number of rotatable bonds is 5. The van der Waals surface area contributed by atoms with Gasteiger partial charge in [-0.25, -0.2) is 0 Å². The Morgan fingerprint density at radius 2 is 1.69 bits per heavy atom. The fraction of sp³-hybridized carbons (Fsp3) is 0.318.